The zero-order valence-electron chi connectivity index (χ0n) is 20.3. The quantitative estimate of drug-likeness (QED) is 0.706. The zero-order chi connectivity index (χ0) is 24.9. The normalized spacial score (nSPS) is 21.5. The molecular weight excluding hydrogens is 462 g/mol. The number of aliphatic imine (C=N–C) groups is 1. The van der Waals surface area contributed by atoms with Gasteiger partial charge in [0.1, 0.15) is 6.17 Å². The van der Waals surface area contributed by atoms with Gasteiger partial charge in [-0.2, -0.15) is 5.10 Å². The van der Waals surface area contributed by atoms with E-state index in [2.05, 4.69) is 10.8 Å². The van der Waals surface area contributed by atoms with Crippen LogP contribution in [0.1, 0.15) is 47.3 Å². The third-order valence-corrected chi connectivity index (χ3v) is 7.37. The largest absolute Gasteiger partial charge is 0.326 e. The molecule has 0 saturated heterocycles. The summed E-state index contributed by atoms with van der Waals surface area (Å²) in [5.41, 5.74) is 6.76. The van der Waals surface area contributed by atoms with E-state index in [1.54, 1.807) is 18.2 Å². The number of allylic oxidation sites excluding steroid dienone is 1. The van der Waals surface area contributed by atoms with Gasteiger partial charge in [0.05, 0.1) is 29.3 Å². The van der Waals surface area contributed by atoms with Crippen LogP contribution in [-0.4, -0.2) is 54.1 Å². The lowest BCUT2D eigenvalue weighted by Crippen LogP contribution is -2.48. The van der Waals surface area contributed by atoms with Crippen LogP contribution < -0.4 is 4.72 Å². The lowest BCUT2D eigenvalue weighted by molar-refractivity contribution is 0.0696. The number of fused-ring (bicyclic) bond motifs is 2. The number of nitrogens with one attached hydrogen (secondary N) is 1. The Kier molecular flexibility index (Phi) is 5.75. The second-order valence-corrected chi connectivity index (χ2v) is 11.3. The van der Waals surface area contributed by atoms with Gasteiger partial charge in [-0.05, 0) is 56.0 Å². The minimum atomic E-state index is -3.55. The fourth-order valence-corrected chi connectivity index (χ4v) is 5.47. The Bertz CT molecular complexity index is 1410. The van der Waals surface area contributed by atoms with Gasteiger partial charge in [0.2, 0.25) is 10.0 Å². The van der Waals surface area contributed by atoms with Gasteiger partial charge in [0, 0.05) is 24.9 Å². The number of carbonyl (C=O) groups is 1. The Labute approximate surface area is 206 Å². The Hall–Kier alpha value is -3.46. The number of nitrogens with zero attached hydrogens (tertiary/aromatic N) is 4. The van der Waals surface area contributed by atoms with Crippen molar-refractivity contribution in [2.45, 2.75) is 52.4 Å². The van der Waals surface area contributed by atoms with Gasteiger partial charge in [-0.3, -0.25) is 14.5 Å². The van der Waals surface area contributed by atoms with Crippen molar-refractivity contribution < 1.29 is 13.2 Å². The molecule has 182 valence electrons. The molecule has 3 aliphatic rings. The van der Waals surface area contributed by atoms with Crippen LogP contribution in [0.2, 0.25) is 0 Å². The summed E-state index contributed by atoms with van der Waals surface area (Å²) in [5.74, 6) is -0.224. The van der Waals surface area contributed by atoms with Crippen LogP contribution in [0.3, 0.4) is 0 Å². The fraction of sp³-hybridized carbons (Fsp3) is 0.346. The minimum Gasteiger partial charge on any atom is -0.326 e. The maximum atomic E-state index is 14.0. The van der Waals surface area contributed by atoms with E-state index in [0.717, 1.165) is 34.4 Å². The number of amides is 1. The molecule has 0 bridgehead atoms. The van der Waals surface area contributed by atoms with Crippen LogP contribution in [0.5, 0.6) is 0 Å². The van der Waals surface area contributed by atoms with Gasteiger partial charge in [-0.15, -0.1) is 0 Å². The summed E-state index contributed by atoms with van der Waals surface area (Å²) in [6, 6.07) is 13.1. The number of anilines is 1. The van der Waals surface area contributed by atoms with E-state index in [0.29, 0.717) is 24.9 Å². The van der Waals surface area contributed by atoms with E-state index in [4.69, 9.17) is 10.1 Å². The van der Waals surface area contributed by atoms with Gasteiger partial charge >= 0.3 is 0 Å². The smallest absolute Gasteiger partial charge is 0.256 e. The van der Waals surface area contributed by atoms with Crippen molar-refractivity contribution in [3.8, 4) is 0 Å². The molecule has 3 heterocycles. The number of aryl methyl sites for hydroxylation is 1. The molecule has 2 aromatic carbocycles. The summed E-state index contributed by atoms with van der Waals surface area (Å²) < 4.78 is 26.5. The highest BCUT2D eigenvalue weighted by Gasteiger charge is 2.39. The number of rotatable bonds is 4. The highest BCUT2D eigenvalue weighted by atomic mass is 32.2. The summed E-state index contributed by atoms with van der Waals surface area (Å²) in [6.45, 7) is 6.33. The number of hydrazone groups is 1. The van der Waals surface area contributed by atoms with E-state index in [-0.39, 0.29) is 23.8 Å². The van der Waals surface area contributed by atoms with E-state index in [9.17, 15) is 13.2 Å². The molecule has 2 aromatic rings. The third-order valence-electron chi connectivity index (χ3n) is 6.78. The predicted molar refractivity (Wildman–Crippen MR) is 138 cm³/mol. The van der Waals surface area contributed by atoms with Gasteiger partial charge in [0.25, 0.3) is 5.91 Å². The number of carbonyl (C=O) groups excluding carboxylic acids is 1. The summed E-state index contributed by atoms with van der Waals surface area (Å²) in [4.78, 5) is 20.7. The van der Waals surface area contributed by atoms with Crippen molar-refractivity contribution in [3.63, 3.8) is 0 Å². The molecule has 0 fully saturated rings. The van der Waals surface area contributed by atoms with Gasteiger partial charge < -0.3 is 4.90 Å². The van der Waals surface area contributed by atoms with E-state index < -0.39 is 10.0 Å². The average Bonchev–Trinajstić information content (AvgIpc) is 3.20. The molecule has 9 heteroatoms. The molecule has 5 rings (SSSR count). The number of benzene rings is 2. The Morgan fingerprint density at radius 1 is 1.06 bits per heavy atom. The van der Waals surface area contributed by atoms with Crippen molar-refractivity contribution in [2.24, 2.45) is 10.1 Å². The van der Waals surface area contributed by atoms with Crippen LogP contribution in [0, 0.1) is 6.92 Å². The summed E-state index contributed by atoms with van der Waals surface area (Å²) in [7, 11) is -3.55. The molecule has 1 amide bonds. The zero-order valence-corrected chi connectivity index (χ0v) is 21.1. The predicted octanol–water partition coefficient (Wildman–Crippen LogP) is 3.70. The summed E-state index contributed by atoms with van der Waals surface area (Å²) in [5, 5.41) is 6.77. The molecule has 2 atom stereocenters. The monoisotopic (exact) mass is 491 g/mol. The Balaban J connectivity index is 1.55. The van der Waals surface area contributed by atoms with Crippen LogP contribution in [0.15, 0.2) is 64.3 Å². The highest BCUT2D eigenvalue weighted by molar-refractivity contribution is 7.92. The standard InChI is InChI=1S/C26H29N5O3S/c1-16-9-10-22(29-35(4,33)34)21(11-16)26(32)30-15-20-8-6-5-7-19(20)12-24(30)23-13-25-27-18(3)17(2)14-31(25)28-23/h5-11,14,24-25,29H,12-13,15H2,1-4H3/t24-,25?/m0/s1. The van der Waals surface area contributed by atoms with Crippen LogP contribution >= 0.6 is 0 Å². The van der Waals surface area contributed by atoms with Gasteiger partial charge in [-0.25, -0.2) is 13.4 Å². The molecule has 0 aliphatic carbocycles. The molecule has 1 unspecified atom stereocenters. The molecular formula is C26H29N5O3S. The lowest BCUT2D eigenvalue weighted by atomic mass is 9.89. The molecule has 0 aromatic heterocycles. The number of sulfonamides is 1. The molecule has 0 spiro atoms. The van der Waals surface area contributed by atoms with E-state index in [1.165, 1.54) is 5.56 Å². The van der Waals surface area contributed by atoms with E-state index >= 15 is 0 Å². The first-order valence-electron chi connectivity index (χ1n) is 11.6. The SMILES string of the molecule is CC1=CN2N=C([C@@H]3Cc4ccccc4CN3C(=O)c3cc(C)ccc3NS(C)(=O)=O)CC2N=C1C. The fourth-order valence-electron chi connectivity index (χ4n) is 4.89. The van der Waals surface area contributed by atoms with Crippen LogP contribution in [0.4, 0.5) is 5.69 Å². The van der Waals surface area contributed by atoms with Crippen molar-refractivity contribution in [1.82, 2.24) is 9.91 Å². The Morgan fingerprint density at radius 2 is 1.80 bits per heavy atom. The number of hydrogen-bond donors (Lipinski definition) is 1. The van der Waals surface area contributed by atoms with Crippen LogP contribution in [0.25, 0.3) is 0 Å². The number of hydrogen-bond acceptors (Lipinski definition) is 6. The van der Waals surface area contributed by atoms with E-state index in [1.807, 2.05) is 55.1 Å². The third kappa shape index (κ3) is 4.60. The molecule has 35 heavy (non-hydrogen) atoms. The molecule has 0 radical (unpaired) electrons. The molecule has 0 saturated carbocycles. The maximum Gasteiger partial charge on any atom is 0.256 e. The first-order valence-corrected chi connectivity index (χ1v) is 13.5. The first-order chi connectivity index (χ1) is 16.6. The molecule has 3 aliphatic heterocycles. The van der Waals surface area contributed by atoms with Crippen molar-refractivity contribution >= 4 is 33.0 Å². The lowest BCUT2D eigenvalue weighted by Gasteiger charge is -2.37. The molecule has 1 N–H and O–H groups in total. The van der Waals surface area contributed by atoms with Crippen LogP contribution in [-0.2, 0) is 23.0 Å². The highest BCUT2D eigenvalue weighted by Crippen LogP contribution is 2.33. The van der Waals surface area contributed by atoms with Crippen molar-refractivity contribution in [1.29, 1.82) is 0 Å². The average molecular weight is 492 g/mol. The van der Waals surface area contributed by atoms with Gasteiger partial charge in [0.15, 0.2) is 0 Å². The van der Waals surface area contributed by atoms with Crippen molar-refractivity contribution in [3.05, 3.63) is 76.5 Å². The minimum absolute atomic E-state index is 0.0933. The summed E-state index contributed by atoms with van der Waals surface area (Å²) in [6.07, 6.45) is 4.29. The maximum absolute atomic E-state index is 14.0. The van der Waals surface area contributed by atoms with Crippen molar-refractivity contribution in [2.75, 3.05) is 11.0 Å². The Morgan fingerprint density at radius 3 is 2.54 bits per heavy atom. The van der Waals surface area contributed by atoms with Gasteiger partial charge in [-0.1, -0.05) is 35.9 Å². The first kappa shape index (κ1) is 23.3. The summed E-state index contributed by atoms with van der Waals surface area (Å²) >= 11 is 0. The second-order valence-electron chi connectivity index (χ2n) is 9.53. The second kappa shape index (κ2) is 8.64. The topological polar surface area (TPSA) is 94.4 Å². The molecule has 8 nitrogen and oxygen atoms in total.